The Morgan fingerprint density at radius 2 is 2.00 bits per heavy atom. The quantitative estimate of drug-likeness (QED) is 0.752. The van der Waals surface area contributed by atoms with Crippen LogP contribution >= 0.6 is 0 Å². The normalized spacial score (nSPS) is 16.7. The molecule has 1 aliphatic carbocycles. The molecule has 0 aliphatic heterocycles. The van der Waals surface area contributed by atoms with E-state index in [1.54, 1.807) is 0 Å². The molecule has 2 nitrogen and oxygen atoms in total. The van der Waals surface area contributed by atoms with E-state index >= 15 is 0 Å². The second kappa shape index (κ2) is 4.11. The number of rotatable bonds is 3. The Morgan fingerprint density at radius 1 is 1.21 bits per heavy atom. The van der Waals surface area contributed by atoms with Gasteiger partial charge in [0.05, 0.1) is 12.7 Å². The fourth-order valence-electron chi connectivity index (χ4n) is 2.09. The SMILES string of the molecule is OCC(O)Cc1ccc2c(c1)CCC2. The van der Waals surface area contributed by atoms with E-state index in [-0.39, 0.29) is 6.61 Å². The number of hydrogen-bond donors (Lipinski definition) is 2. The van der Waals surface area contributed by atoms with E-state index in [2.05, 4.69) is 18.2 Å². The van der Waals surface area contributed by atoms with Gasteiger partial charge in [-0.2, -0.15) is 0 Å². The second-order valence-corrected chi connectivity index (χ2v) is 4.00. The maximum absolute atomic E-state index is 9.31. The van der Waals surface area contributed by atoms with Crippen molar-refractivity contribution in [3.63, 3.8) is 0 Å². The van der Waals surface area contributed by atoms with Crippen molar-refractivity contribution in [3.05, 3.63) is 34.9 Å². The molecule has 1 aromatic carbocycles. The lowest BCUT2D eigenvalue weighted by Gasteiger charge is -2.08. The van der Waals surface area contributed by atoms with Crippen LogP contribution < -0.4 is 0 Å². The van der Waals surface area contributed by atoms with Crippen molar-refractivity contribution in [1.82, 2.24) is 0 Å². The van der Waals surface area contributed by atoms with Gasteiger partial charge in [-0.25, -0.2) is 0 Å². The smallest absolute Gasteiger partial charge is 0.0811 e. The maximum Gasteiger partial charge on any atom is 0.0811 e. The Labute approximate surface area is 84.2 Å². The fourth-order valence-corrected chi connectivity index (χ4v) is 2.09. The van der Waals surface area contributed by atoms with Crippen molar-refractivity contribution in [2.45, 2.75) is 31.8 Å². The highest BCUT2D eigenvalue weighted by molar-refractivity contribution is 5.35. The largest absolute Gasteiger partial charge is 0.394 e. The first-order valence-corrected chi connectivity index (χ1v) is 5.19. The summed E-state index contributed by atoms with van der Waals surface area (Å²) >= 11 is 0. The molecule has 2 heteroatoms. The van der Waals surface area contributed by atoms with E-state index < -0.39 is 6.10 Å². The molecule has 1 atom stereocenters. The summed E-state index contributed by atoms with van der Waals surface area (Å²) in [5, 5.41) is 18.0. The van der Waals surface area contributed by atoms with Crippen LogP contribution in [0.15, 0.2) is 18.2 Å². The summed E-state index contributed by atoms with van der Waals surface area (Å²) in [6, 6.07) is 6.38. The van der Waals surface area contributed by atoms with Gasteiger partial charge in [0.15, 0.2) is 0 Å². The highest BCUT2D eigenvalue weighted by Gasteiger charge is 2.11. The second-order valence-electron chi connectivity index (χ2n) is 4.00. The summed E-state index contributed by atoms with van der Waals surface area (Å²) in [6.07, 6.45) is 3.55. The number of aliphatic hydroxyl groups excluding tert-OH is 2. The van der Waals surface area contributed by atoms with Gasteiger partial charge in [0.1, 0.15) is 0 Å². The van der Waals surface area contributed by atoms with Gasteiger partial charge < -0.3 is 10.2 Å². The maximum atomic E-state index is 9.31. The molecule has 0 saturated carbocycles. The molecule has 1 unspecified atom stereocenters. The van der Waals surface area contributed by atoms with Crippen molar-refractivity contribution < 1.29 is 10.2 Å². The molecule has 1 aliphatic rings. The van der Waals surface area contributed by atoms with E-state index in [9.17, 15) is 5.11 Å². The molecule has 1 aromatic rings. The van der Waals surface area contributed by atoms with Crippen LogP contribution in [0.4, 0.5) is 0 Å². The summed E-state index contributed by atoms with van der Waals surface area (Å²) in [4.78, 5) is 0. The third-order valence-corrected chi connectivity index (χ3v) is 2.84. The highest BCUT2D eigenvalue weighted by atomic mass is 16.3. The number of hydrogen-bond acceptors (Lipinski definition) is 2. The molecule has 0 aromatic heterocycles. The third kappa shape index (κ3) is 1.97. The first-order chi connectivity index (χ1) is 6.79. The molecule has 0 amide bonds. The van der Waals surface area contributed by atoms with Crippen LogP contribution in [-0.2, 0) is 19.3 Å². The molecule has 14 heavy (non-hydrogen) atoms. The van der Waals surface area contributed by atoms with Crippen molar-refractivity contribution in [1.29, 1.82) is 0 Å². The summed E-state index contributed by atoms with van der Waals surface area (Å²) in [5.74, 6) is 0. The zero-order valence-corrected chi connectivity index (χ0v) is 8.24. The minimum Gasteiger partial charge on any atom is -0.394 e. The Kier molecular flexibility index (Phi) is 2.85. The van der Waals surface area contributed by atoms with Crippen LogP contribution in [0.1, 0.15) is 23.1 Å². The topological polar surface area (TPSA) is 40.5 Å². The molecule has 2 rings (SSSR count). The van der Waals surface area contributed by atoms with E-state index in [1.807, 2.05) is 0 Å². The van der Waals surface area contributed by atoms with Gasteiger partial charge in [0.2, 0.25) is 0 Å². The first kappa shape index (κ1) is 9.69. The highest BCUT2D eigenvalue weighted by Crippen LogP contribution is 2.23. The summed E-state index contributed by atoms with van der Waals surface area (Å²) in [6.45, 7) is -0.156. The van der Waals surface area contributed by atoms with Gasteiger partial charge in [-0.3, -0.25) is 0 Å². The number of aryl methyl sites for hydroxylation is 2. The van der Waals surface area contributed by atoms with Gasteiger partial charge in [0, 0.05) is 6.42 Å². The van der Waals surface area contributed by atoms with Crippen LogP contribution in [0.25, 0.3) is 0 Å². The third-order valence-electron chi connectivity index (χ3n) is 2.84. The molecule has 0 saturated heterocycles. The Bertz CT molecular complexity index is 320. The van der Waals surface area contributed by atoms with Crippen LogP contribution in [-0.4, -0.2) is 22.9 Å². The summed E-state index contributed by atoms with van der Waals surface area (Å²) < 4.78 is 0. The first-order valence-electron chi connectivity index (χ1n) is 5.19. The summed E-state index contributed by atoms with van der Waals surface area (Å²) in [5.41, 5.74) is 4.01. The van der Waals surface area contributed by atoms with Crippen molar-refractivity contribution in [2.75, 3.05) is 6.61 Å². The van der Waals surface area contributed by atoms with Crippen LogP contribution in [0.5, 0.6) is 0 Å². The lowest BCUT2D eigenvalue weighted by Crippen LogP contribution is -2.15. The molecule has 0 bridgehead atoms. The minimum absolute atomic E-state index is 0.156. The lowest BCUT2D eigenvalue weighted by atomic mass is 10.0. The van der Waals surface area contributed by atoms with E-state index in [0.29, 0.717) is 6.42 Å². The molecule has 76 valence electrons. The number of benzene rings is 1. The van der Waals surface area contributed by atoms with Gasteiger partial charge >= 0.3 is 0 Å². The predicted octanol–water partition coefficient (Wildman–Crippen LogP) is 1.07. The fraction of sp³-hybridized carbons (Fsp3) is 0.500. The van der Waals surface area contributed by atoms with Gasteiger partial charge in [-0.05, 0) is 36.0 Å². The average molecular weight is 192 g/mol. The minimum atomic E-state index is -0.616. The number of fused-ring (bicyclic) bond motifs is 1. The van der Waals surface area contributed by atoms with Crippen molar-refractivity contribution in [3.8, 4) is 0 Å². The zero-order chi connectivity index (χ0) is 9.97. The van der Waals surface area contributed by atoms with Crippen molar-refractivity contribution >= 4 is 0 Å². The number of aliphatic hydroxyl groups is 2. The molecule has 2 N–H and O–H groups in total. The van der Waals surface area contributed by atoms with Crippen LogP contribution in [0, 0.1) is 0 Å². The van der Waals surface area contributed by atoms with Crippen LogP contribution in [0.2, 0.25) is 0 Å². The standard InChI is InChI=1S/C12H16O2/c13-8-12(14)7-9-4-5-10-2-1-3-11(10)6-9/h4-6,12-14H,1-3,7-8H2. The molecular formula is C12H16O2. The van der Waals surface area contributed by atoms with E-state index in [1.165, 1.54) is 30.4 Å². The average Bonchev–Trinajstić information content (AvgIpc) is 2.64. The summed E-state index contributed by atoms with van der Waals surface area (Å²) in [7, 11) is 0. The van der Waals surface area contributed by atoms with E-state index in [4.69, 9.17) is 5.11 Å². The molecule has 0 heterocycles. The molecule has 0 radical (unpaired) electrons. The molecular weight excluding hydrogens is 176 g/mol. The zero-order valence-electron chi connectivity index (χ0n) is 8.24. The predicted molar refractivity (Wildman–Crippen MR) is 55.3 cm³/mol. The van der Waals surface area contributed by atoms with E-state index in [0.717, 1.165) is 5.56 Å². The monoisotopic (exact) mass is 192 g/mol. The lowest BCUT2D eigenvalue weighted by molar-refractivity contribution is 0.0955. The Balaban J connectivity index is 2.12. The Hall–Kier alpha value is -0.860. The Morgan fingerprint density at radius 3 is 2.79 bits per heavy atom. The molecule has 0 fully saturated rings. The van der Waals surface area contributed by atoms with Gasteiger partial charge in [0.25, 0.3) is 0 Å². The van der Waals surface area contributed by atoms with Gasteiger partial charge in [-0.1, -0.05) is 18.2 Å². The van der Waals surface area contributed by atoms with Crippen LogP contribution in [0.3, 0.4) is 0 Å². The van der Waals surface area contributed by atoms with Gasteiger partial charge in [-0.15, -0.1) is 0 Å². The van der Waals surface area contributed by atoms with Crippen molar-refractivity contribution in [2.24, 2.45) is 0 Å². The molecule has 0 spiro atoms.